The quantitative estimate of drug-likeness (QED) is 0.750. The lowest BCUT2D eigenvalue weighted by Crippen LogP contribution is -2.58. The van der Waals surface area contributed by atoms with Gasteiger partial charge in [0, 0.05) is 31.9 Å². The van der Waals surface area contributed by atoms with Gasteiger partial charge < -0.3 is 10.2 Å². The van der Waals surface area contributed by atoms with Gasteiger partial charge in [0.15, 0.2) is 0 Å². The highest BCUT2D eigenvalue weighted by Crippen LogP contribution is 2.14. The second kappa shape index (κ2) is 7.03. The van der Waals surface area contributed by atoms with Crippen molar-refractivity contribution < 1.29 is 9.59 Å². The number of benzene rings is 1. The minimum Gasteiger partial charge on any atom is -0.353 e. The Balaban J connectivity index is 1.69. The fourth-order valence-electron chi connectivity index (χ4n) is 3.33. The standard InChI is InChI=1S/C20H18N4O3/c25-18-16(12-14-6-2-1-3-7-14)23(11-9-21-18)19(26)15-13-22-17-8-4-5-10-24(17)20(15)27/h1-8,10,13,16H,9,11-12H2,(H,21,25). The Morgan fingerprint density at radius 2 is 1.89 bits per heavy atom. The number of carbonyl (C=O) groups excluding carboxylic acids is 2. The van der Waals surface area contributed by atoms with Crippen LogP contribution in [0.15, 0.2) is 65.7 Å². The molecule has 1 aliphatic rings. The first kappa shape index (κ1) is 17.0. The molecule has 27 heavy (non-hydrogen) atoms. The molecule has 0 radical (unpaired) electrons. The molecule has 0 aliphatic carbocycles. The highest BCUT2D eigenvalue weighted by atomic mass is 16.2. The van der Waals surface area contributed by atoms with Gasteiger partial charge >= 0.3 is 0 Å². The van der Waals surface area contributed by atoms with E-state index >= 15 is 0 Å². The molecular formula is C20H18N4O3. The fraction of sp³-hybridized carbons (Fsp3) is 0.200. The summed E-state index contributed by atoms with van der Waals surface area (Å²) >= 11 is 0. The second-order valence-electron chi connectivity index (χ2n) is 6.40. The van der Waals surface area contributed by atoms with Crippen LogP contribution in [0.3, 0.4) is 0 Å². The summed E-state index contributed by atoms with van der Waals surface area (Å²) in [5.41, 5.74) is 0.948. The third kappa shape index (κ3) is 3.19. The number of nitrogens with zero attached hydrogens (tertiary/aromatic N) is 3. The van der Waals surface area contributed by atoms with Crippen molar-refractivity contribution in [1.82, 2.24) is 19.6 Å². The molecule has 1 atom stereocenters. The number of carbonyl (C=O) groups is 2. The predicted octanol–water partition coefficient (Wildman–Crippen LogP) is 0.878. The summed E-state index contributed by atoms with van der Waals surface area (Å²) in [5.74, 6) is -0.686. The van der Waals surface area contributed by atoms with Gasteiger partial charge in [0.05, 0.1) is 0 Å². The number of hydrogen-bond acceptors (Lipinski definition) is 4. The van der Waals surface area contributed by atoms with Gasteiger partial charge in [0.25, 0.3) is 11.5 Å². The van der Waals surface area contributed by atoms with Crippen LogP contribution in [0.1, 0.15) is 15.9 Å². The van der Waals surface area contributed by atoms with Gasteiger partial charge in [-0.15, -0.1) is 0 Å². The molecular weight excluding hydrogens is 344 g/mol. The highest BCUT2D eigenvalue weighted by Gasteiger charge is 2.34. The molecule has 1 unspecified atom stereocenters. The molecule has 1 fully saturated rings. The summed E-state index contributed by atoms with van der Waals surface area (Å²) in [6.45, 7) is 0.706. The smallest absolute Gasteiger partial charge is 0.270 e. The first-order chi connectivity index (χ1) is 13.1. The lowest BCUT2D eigenvalue weighted by Gasteiger charge is -2.35. The zero-order valence-electron chi connectivity index (χ0n) is 14.5. The van der Waals surface area contributed by atoms with E-state index in [-0.39, 0.29) is 11.5 Å². The average Bonchev–Trinajstić information content (AvgIpc) is 2.70. The van der Waals surface area contributed by atoms with E-state index in [1.54, 1.807) is 24.4 Å². The van der Waals surface area contributed by atoms with E-state index in [0.717, 1.165) is 5.56 Å². The Morgan fingerprint density at radius 3 is 2.70 bits per heavy atom. The van der Waals surface area contributed by atoms with Crippen molar-refractivity contribution in [3.05, 3.63) is 82.4 Å². The van der Waals surface area contributed by atoms with Crippen molar-refractivity contribution in [3.63, 3.8) is 0 Å². The number of aromatic nitrogens is 2. The van der Waals surface area contributed by atoms with E-state index in [1.165, 1.54) is 15.5 Å². The van der Waals surface area contributed by atoms with Crippen LogP contribution in [-0.2, 0) is 11.2 Å². The van der Waals surface area contributed by atoms with Gasteiger partial charge in [-0.25, -0.2) is 4.98 Å². The number of hydrogen-bond donors (Lipinski definition) is 1. The van der Waals surface area contributed by atoms with Crippen molar-refractivity contribution in [1.29, 1.82) is 0 Å². The highest BCUT2D eigenvalue weighted by molar-refractivity contribution is 5.98. The van der Waals surface area contributed by atoms with Crippen molar-refractivity contribution in [2.75, 3.05) is 13.1 Å². The van der Waals surface area contributed by atoms with Crippen molar-refractivity contribution in [3.8, 4) is 0 Å². The largest absolute Gasteiger partial charge is 0.353 e. The molecule has 4 rings (SSSR count). The zero-order valence-corrected chi connectivity index (χ0v) is 14.5. The summed E-state index contributed by atoms with van der Waals surface area (Å²) in [4.78, 5) is 43.9. The summed E-state index contributed by atoms with van der Waals surface area (Å²) in [7, 11) is 0. The predicted molar refractivity (Wildman–Crippen MR) is 99.4 cm³/mol. The fourth-order valence-corrected chi connectivity index (χ4v) is 3.33. The summed E-state index contributed by atoms with van der Waals surface area (Å²) < 4.78 is 1.34. The maximum atomic E-state index is 13.1. The van der Waals surface area contributed by atoms with E-state index in [0.29, 0.717) is 25.2 Å². The second-order valence-corrected chi connectivity index (χ2v) is 6.40. The molecule has 7 heteroatoms. The monoisotopic (exact) mass is 362 g/mol. The molecule has 1 saturated heterocycles. The van der Waals surface area contributed by atoms with Crippen molar-refractivity contribution in [2.24, 2.45) is 0 Å². The lowest BCUT2D eigenvalue weighted by atomic mass is 10.0. The summed E-state index contributed by atoms with van der Waals surface area (Å²) in [5, 5.41) is 2.80. The van der Waals surface area contributed by atoms with Gasteiger partial charge in [-0.3, -0.25) is 18.8 Å². The average molecular weight is 362 g/mol. The first-order valence-corrected chi connectivity index (χ1v) is 8.74. The topological polar surface area (TPSA) is 83.8 Å². The van der Waals surface area contributed by atoms with Crippen LogP contribution in [0.5, 0.6) is 0 Å². The summed E-state index contributed by atoms with van der Waals surface area (Å²) in [6.07, 6.45) is 3.26. The minimum atomic E-state index is -0.662. The number of amides is 2. The van der Waals surface area contributed by atoms with Crippen LogP contribution < -0.4 is 10.9 Å². The van der Waals surface area contributed by atoms with Crippen LogP contribution >= 0.6 is 0 Å². The molecule has 136 valence electrons. The van der Waals surface area contributed by atoms with E-state index in [9.17, 15) is 14.4 Å². The van der Waals surface area contributed by atoms with E-state index in [4.69, 9.17) is 0 Å². The van der Waals surface area contributed by atoms with E-state index in [1.807, 2.05) is 30.3 Å². The third-order valence-corrected chi connectivity index (χ3v) is 4.71. The SMILES string of the molecule is O=C1NCCN(C(=O)c2cnc3ccccn3c2=O)C1Cc1ccccc1. The molecule has 0 bridgehead atoms. The molecule has 2 amide bonds. The Bertz CT molecular complexity index is 1060. The maximum absolute atomic E-state index is 13.1. The van der Waals surface area contributed by atoms with Crippen LogP contribution in [0.4, 0.5) is 0 Å². The Morgan fingerprint density at radius 1 is 1.11 bits per heavy atom. The van der Waals surface area contributed by atoms with E-state index < -0.39 is 17.5 Å². The first-order valence-electron chi connectivity index (χ1n) is 8.74. The van der Waals surface area contributed by atoms with Crippen LogP contribution in [0.25, 0.3) is 5.65 Å². The molecule has 1 aromatic carbocycles. The molecule has 1 aliphatic heterocycles. The van der Waals surface area contributed by atoms with Crippen LogP contribution in [-0.4, -0.2) is 45.2 Å². The Labute approximate surface area is 155 Å². The summed E-state index contributed by atoms with van der Waals surface area (Å²) in [6, 6.07) is 14.0. The van der Waals surface area contributed by atoms with Gasteiger partial charge in [0.2, 0.25) is 5.91 Å². The molecule has 1 N–H and O–H groups in total. The van der Waals surface area contributed by atoms with Crippen LogP contribution in [0, 0.1) is 0 Å². The van der Waals surface area contributed by atoms with Gasteiger partial charge in [0.1, 0.15) is 17.3 Å². The molecule has 0 spiro atoms. The Hall–Kier alpha value is -3.48. The van der Waals surface area contributed by atoms with Gasteiger partial charge in [-0.1, -0.05) is 36.4 Å². The normalized spacial score (nSPS) is 17.0. The van der Waals surface area contributed by atoms with Crippen molar-refractivity contribution in [2.45, 2.75) is 12.5 Å². The number of fused-ring (bicyclic) bond motifs is 1. The lowest BCUT2D eigenvalue weighted by molar-refractivity contribution is -0.127. The van der Waals surface area contributed by atoms with Gasteiger partial charge in [-0.05, 0) is 17.7 Å². The maximum Gasteiger partial charge on any atom is 0.270 e. The number of pyridine rings is 1. The molecule has 2 aromatic heterocycles. The molecule has 0 saturated carbocycles. The molecule has 3 heterocycles. The van der Waals surface area contributed by atoms with Crippen LogP contribution in [0.2, 0.25) is 0 Å². The van der Waals surface area contributed by atoms with Gasteiger partial charge in [-0.2, -0.15) is 0 Å². The number of nitrogens with one attached hydrogen (secondary N) is 1. The zero-order chi connectivity index (χ0) is 18.8. The molecule has 3 aromatic rings. The number of piperazine rings is 1. The van der Waals surface area contributed by atoms with Crippen molar-refractivity contribution >= 4 is 17.5 Å². The van der Waals surface area contributed by atoms with E-state index in [2.05, 4.69) is 10.3 Å². The molecule has 7 nitrogen and oxygen atoms in total. The Kier molecular flexibility index (Phi) is 4.42. The third-order valence-electron chi connectivity index (χ3n) is 4.71. The minimum absolute atomic E-state index is 0.0357. The number of rotatable bonds is 3.